The maximum absolute atomic E-state index is 12.4. The molecule has 0 radical (unpaired) electrons. The van der Waals surface area contributed by atoms with Crippen LogP contribution in [0.25, 0.3) is 0 Å². The van der Waals surface area contributed by atoms with Crippen LogP contribution in [0.1, 0.15) is 36.8 Å². The first-order chi connectivity index (χ1) is 11.1. The van der Waals surface area contributed by atoms with Gasteiger partial charge < -0.3 is 15.7 Å². The first-order valence-corrected chi connectivity index (χ1v) is 8.44. The number of fused-ring (bicyclic) bond motifs is 1. The van der Waals surface area contributed by atoms with E-state index in [1.807, 2.05) is 12.1 Å². The molecule has 1 fully saturated rings. The summed E-state index contributed by atoms with van der Waals surface area (Å²) in [7, 11) is 0. The van der Waals surface area contributed by atoms with E-state index < -0.39 is 5.97 Å². The van der Waals surface area contributed by atoms with Gasteiger partial charge in [-0.15, -0.1) is 12.4 Å². The lowest BCUT2D eigenvalue weighted by Gasteiger charge is -2.28. The lowest BCUT2D eigenvalue weighted by atomic mass is 9.82. The van der Waals surface area contributed by atoms with Crippen molar-refractivity contribution >= 4 is 24.3 Å². The predicted molar refractivity (Wildman–Crippen MR) is 94.1 cm³/mol. The summed E-state index contributed by atoms with van der Waals surface area (Å²) in [6, 6.07) is 8.05. The molecule has 0 saturated heterocycles. The van der Waals surface area contributed by atoms with E-state index in [1.54, 1.807) is 0 Å². The predicted octanol–water partition coefficient (Wildman–Crippen LogP) is 2.13. The van der Waals surface area contributed by atoms with Gasteiger partial charge in [-0.1, -0.05) is 24.3 Å². The lowest BCUT2D eigenvalue weighted by molar-refractivity contribution is -0.143. The van der Waals surface area contributed by atoms with Gasteiger partial charge in [0.2, 0.25) is 5.91 Å². The molecule has 1 unspecified atom stereocenters. The Bertz CT molecular complexity index is 585. The second-order valence-corrected chi connectivity index (χ2v) is 6.71. The molecule has 5 nitrogen and oxygen atoms in total. The highest BCUT2D eigenvalue weighted by Gasteiger charge is 2.28. The molecule has 1 saturated carbocycles. The van der Waals surface area contributed by atoms with Crippen molar-refractivity contribution in [1.82, 2.24) is 10.6 Å². The van der Waals surface area contributed by atoms with Crippen molar-refractivity contribution in [3.63, 3.8) is 0 Å². The molecule has 132 valence electrons. The molecule has 1 aromatic carbocycles. The largest absolute Gasteiger partial charge is 0.481 e. The van der Waals surface area contributed by atoms with Gasteiger partial charge in [0.15, 0.2) is 0 Å². The first-order valence-electron chi connectivity index (χ1n) is 8.44. The molecule has 2 aliphatic rings. The molecule has 0 bridgehead atoms. The van der Waals surface area contributed by atoms with Crippen molar-refractivity contribution < 1.29 is 14.7 Å². The fourth-order valence-electron chi connectivity index (χ4n) is 3.62. The standard InChI is InChI=1S/C18H24N2O3.ClH/c21-17(16-9-14-3-1-2-4-15(14)11-19-16)20-10-12-5-7-13(8-6-12)18(22)23;/h1-4,12-13,16,19H,5-11H2,(H,20,21)(H,22,23);1H. The summed E-state index contributed by atoms with van der Waals surface area (Å²) in [6.07, 6.45) is 3.96. The number of hydrogen-bond acceptors (Lipinski definition) is 3. The normalized spacial score (nSPS) is 25.9. The van der Waals surface area contributed by atoms with Crippen molar-refractivity contribution in [2.45, 2.75) is 44.7 Å². The molecule has 3 N–H and O–H groups in total. The van der Waals surface area contributed by atoms with E-state index in [1.165, 1.54) is 11.1 Å². The average Bonchev–Trinajstić information content (AvgIpc) is 2.59. The minimum Gasteiger partial charge on any atom is -0.481 e. The van der Waals surface area contributed by atoms with E-state index in [2.05, 4.69) is 22.8 Å². The molecule has 0 spiro atoms. The number of carboxylic acids is 1. The van der Waals surface area contributed by atoms with Crippen molar-refractivity contribution in [2.24, 2.45) is 11.8 Å². The summed E-state index contributed by atoms with van der Waals surface area (Å²) in [5.41, 5.74) is 2.51. The van der Waals surface area contributed by atoms with Gasteiger partial charge in [-0.05, 0) is 49.1 Å². The maximum atomic E-state index is 12.4. The van der Waals surface area contributed by atoms with Crippen LogP contribution >= 0.6 is 12.4 Å². The van der Waals surface area contributed by atoms with E-state index in [4.69, 9.17) is 5.11 Å². The topological polar surface area (TPSA) is 78.4 Å². The summed E-state index contributed by atoms with van der Waals surface area (Å²) < 4.78 is 0. The molecule has 1 amide bonds. The summed E-state index contributed by atoms with van der Waals surface area (Å²) in [6.45, 7) is 1.39. The monoisotopic (exact) mass is 352 g/mol. The Morgan fingerprint density at radius 2 is 1.79 bits per heavy atom. The molecular weight excluding hydrogens is 328 g/mol. The Morgan fingerprint density at radius 1 is 1.12 bits per heavy atom. The number of carbonyl (C=O) groups excluding carboxylic acids is 1. The van der Waals surface area contributed by atoms with Crippen LogP contribution < -0.4 is 10.6 Å². The quantitative estimate of drug-likeness (QED) is 0.775. The number of carboxylic acid groups (broad SMARTS) is 1. The molecule has 1 heterocycles. The summed E-state index contributed by atoms with van der Waals surface area (Å²) in [4.78, 5) is 23.3. The average molecular weight is 353 g/mol. The highest BCUT2D eigenvalue weighted by Crippen LogP contribution is 2.28. The highest BCUT2D eigenvalue weighted by molar-refractivity contribution is 5.85. The van der Waals surface area contributed by atoms with Gasteiger partial charge in [-0.25, -0.2) is 0 Å². The van der Waals surface area contributed by atoms with Gasteiger partial charge in [0, 0.05) is 13.1 Å². The van der Waals surface area contributed by atoms with Gasteiger partial charge in [-0.2, -0.15) is 0 Å². The third-order valence-electron chi connectivity index (χ3n) is 5.16. The zero-order chi connectivity index (χ0) is 16.2. The number of aliphatic carboxylic acids is 1. The molecule has 24 heavy (non-hydrogen) atoms. The van der Waals surface area contributed by atoms with Crippen molar-refractivity contribution in [3.05, 3.63) is 35.4 Å². The van der Waals surface area contributed by atoms with Crippen LogP contribution in [0.2, 0.25) is 0 Å². The Kier molecular flexibility index (Phi) is 6.63. The number of halogens is 1. The van der Waals surface area contributed by atoms with Gasteiger partial charge in [0.1, 0.15) is 0 Å². The third-order valence-corrected chi connectivity index (χ3v) is 5.16. The Morgan fingerprint density at radius 3 is 2.46 bits per heavy atom. The van der Waals surface area contributed by atoms with Gasteiger partial charge in [0.25, 0.3) is 0 Å². The lowest BCUT2D eigenvalue weighted by Crippen LogP contribution is -2.48. The number of carbonyl (C=O) groups is 2. The number of hydrogen-bond donors (Lipinski definition) is 3. The summed E-state index contributed by atoms with van der Waals surface area (Å²) in [5, 5.41) is 15.4. The summed E-state index contributed by atoms with van der Waals surface area (Å²) in [5.74, 6) is -0.415. The smallest absolute Gasteiger partial charge is 0.306 e. The van der Waals surface area contributed by atoms with Crippen LogP contribution in [0, 0.1) is 11.8 Å². The number of nitrogens with one attached hydrogen (secondary N) is 2. The van der Waals surface area contributed by atoms with Crippen LogP contribution in [-0.2, 0) is 22.6 Å². The maximum Gasteiger partial charge on any atom is 0.306 e. The molecule has 1 atom stereocenters. The zero-order valence-electron chi connectivity index (χ0n) is 13.7. The van der Waals surface area contributed by atoms with E-state index >= 15 is 0 Å². The van der Waals surface area contributed by atoms with Gasteiger partial charge in [-0.3, -0.25) is 9.59 Å². The summed E-state index contributed by atoms with van der Waals surface area (Å²) >= 11 is 0. The molecule has 1 aliphatic heterocycles. The van der Waals surface area contributed by atoms with E-state index in [0.29, 0.717) is 12.5 Å². The highest BCUT2D eigenvalue weighted by atomic mass is 35.5. The van der Waals surface area contributed by atoms with Gasteiger partial charge >= 0.3 is 5.97 Å². The number of rotatable bonds is 4. The second-order valence-electron chi connectivity index (χ2n) is 6.71. The third kappa shape index (κ3) is 4.48. The van der Waals surface area contributed by atoms with Crippen LogP contribution in [-0.4, -0.2) is 29.6 Å². The number of benzene rings is 1. The Hall–Kier alpha value is -1.59. The van der Waals surface area contributed by atoms with Crippen molar-refractivity contribution in [1.29, 1.82) is 0 Å². The molecular formula is C18H25ClN2O3. The Labute approximate surface area is 148 Å². The van der Waals surface area contributed by atoms with Crippen molar-refractivity contribution in [3.8, 4) is 0 Å². The van der Waals surface area contributed by atoms with E-state index in [0.717, 1.165) is 38.6 Å². The van der Waals surface area contributed by atoms with Gasteiger partial charge in [0.05, 0.1) is 12.0 Å². The van der Waals surface area contributed by atoms with Crippen LogP contribution in [0.5, 0.6) is 0 Å². The zero-order valence-corrected chi connectivity index (χ0v) is 14.5. The van der Waals surface area contributed by atoms with Crippen molar-refractivity contribution in [2.75, 3.05) is 6.54 Å². The molecule has 1 aliphatic carbocycles. The molecule has 1 aromatic rings. The molecule has 0 aromatic heterocycles. The van der Waals surface area contributed by atoms with Crippen LogP contribution in [0.4, 0.5) is 0 Å². The molecule has 6 heteroatoms. The SMILES string of the molecule is Cl.O=C(O)C1CCC(CNC(=O)C2Cc3ccccc3CN2)CC1. The fourth-order valence-corrected chi connectivity index (χ4v) is 3.62. The van der Waals surface area contributed by atoms with Crippen LogP contribution in [0.15, 0.2) is 24.3 Å². The molecule has 3 rings (SSSR count). The van der Waals surface area contributed by atoms with E-state index in [9.17, 15) is 9.59 Å². The Balaban J connectivity index is 0.00000208. The second kappa shape index (κ2) is 8.49. The minimum absolute atomic E-state index is 0. The van der Waals surface area contributed by atoms with Crippen LogP contribution in [0.3, 0.4) is 0 Å². The number of amides is 1. The fraction of sp³-hybridized carbons (Fsp3) is 0.556. The van der Waals surface area contributed by atoms with E-state index in [-0.39, 0.29) is 30.3 Å². The minimum atomic E-state index is -0.683. The first kappa shape index (κ1) is 18.7.